The number of aromatic nitrogens is 2. The van der Waals surface area contributed by atoms with Gasteiger partial charge >= 0.3 is 12.4 Å². The summed E-state index contributed by atoms with van der Waals surface area (Å²) in [5.41, 5.74) is -2.53. The number of carbonyl (C=O) groups excluding carboxylic acids is 1. The van der Waals surface area contributed by atoms with Gasteiger partial charge in [0.1, 0.15) is 11.2 Å². The second-order valence-electron chi connectivity index (χ2n) is 9.79. The number of fused-ring (bicyclic) bond motifs is 1. The molecule has 0 aliphatic carbocycles. The highest BCUT2D eigenvalue weighted by molar-refractivity contribution is 6.07. The molecule has 2 N–H and O–H groups in total. The van der Waals surface area contributed by atoms with Crippen LogP contribution in [0.2, 0.25) is 0 Å². The van der Waals surface area contributed by atoms with Crippen molar-refractivity contribution in [2.75, 3.05) is 6.61 Å². The largest absolute Gasteiger partial charge is 0.416 e. The highest BCUT2D eigenvalue weighted by atomic mass is 19.4. The van der Waals surface area contributed by atoms with Crippen LogP contribution >= 0.6 is 0 Å². The van der Waals surface area contributed by atoms with Crippen molar-refractivity contribution in [1.29, 1.82) is 0 Å². The van der Waals surface area contributed by atoms with Crippen LogP contribution in [0.15, 0.2) is 65.6 Å². The lowest BCUT2D eigenvalue weighted by atomic mass is 9.96. The van der Waals surface area contributed by atoms with E-state index in [0.29, 0.717) is 28.6 Å². The average molecular weight is 578 g/mol. The maximum atomic E-state index is 13.7. The lowest BCUT2D eigenvalue weighted by Crippen LogP contribution is -2.35. The van der Waals surface area contributed by atoms with Gasteiger partial charge in [-0.15, -0.1) is 0 Å². The van der Waals surface area contributed by atoms with Crippen LogP contribution in [0.3, 0.4) is 0 Å². The zero-order valence-electron chi connectivity index (χ0n) is 21.9. The number of aliphatic hydroxyl groups is 1. The van der Waals surface area contributed by atoms with Gasteiger partial charge in [-0.3, -0.25) is 14.6 Å². The molecule has 216 valence electrons. The summed E-state index contributed by atoms with van der Waals surface area (Å²) in [5, 5.41) is 12.4. The number of hydrogen-bond donors (Lipinski definition) is 2. The molecular formula is C29H25F6N3O3. The molecule has 0 saturated heterocycles. The SMILES string of the molecule is Cc1cccc(-c2c(C(=O)NCc3cc(C(F)(F)F)cc(C(F)(F)F)c3)n(C[C@@H](C)CO)c(=O)c3ncccc23)c1. The van der Waals surface area contributed by atoms with Crippen molar-refractivity contribution in [1.82, 2.24) is 14.9 Å². The first-order valence-corrected chi connectivity index (χ1v) is 12.5. The molecule has 4 rings (SSSR count). The van der Waals surface area contributed by atoms with Crippen molar-refractivity contribution in [2.24, 2.45) is 5.92 Å². The summed E-state index contributed by atoms with van der Waals surface area (Å²) < 4.78 is 81.3. The quantitative estimate of drug-likeness (QED) is 0.265. The van der Waals surface area contributed by atoms with Crippen molar-refractivity contribution in [2.45, 2.75) is 39.3 Å². The minimum absolute atomic E-state index is 0.00540. The Balaban J connectivity index is 1.89. The molecule has 0 unspecified atom stereocenters. The molecule has 41 heavy (non-hydrogen) atoms. The van der Waals surface area contributed by atoms with E-state index in [9.17, 15) is 41.0 Å². The molecule has 1 atom stereocenters. The predicted octanol–water partition coefficient (Wildman–Crippen LogP) is 5.97. The first-order chi connectivity index (χ1) is 19.2. The Morgan fingerprint density at radius 2 is 1.66 bits per heavy atom. The Labute approximate surface area is 230 Å². The van der Waals surface area contributed by atoms with E-state index in [-0.39, 0.29) is 30.4 Å². The summed E-state index contributed by atoms with van der Waals surface area (Å²) in [6.07, 6.45) is -8.69. The number of amides is 1. The zero-order chi connectivity index (χ0) is 30.1. The Hall–Kier alpha value is -4.19. The lowest BCUT2D eigenvalue weighted by molar-refractivity contribution is -0.143. The normalized spacial score (nSPS) is 12.9. The third-order valence-corrected chi connectivity index (χ3v) is 6.46. The van der Waals surface area contributed by atoms with E-state index >= 15 is 0 Å². The smallest absolute Gasteiger partial charge is 0.396 e. The van der Waals surface area contributed by atoms with Crippen molar-refractivity contribution in [3.8, 4) is 11.1 Å². The molecule has 4 aromatic rings. The molecule has 1 amide bonds. The summed E-state index contributed by atoms with van der Waals surface area (Å²) in [6, 6.07) is 11.3. The standard InChI is InChI=1S/C29H25F6N3O3/c1-16-5-3-6-19(9-16)23-22-7-4-8-36-24(22)27(41)38(14-17(2)15-39)25(23)26(40)37-13-18-10-20(28(30,31)32)12-21(11-18)29(33,34)35/h3-12,17,39H,13-15H2,1-2H3,(H,37,40)/t17-/m1/s1. The molecule has 2 aromatic heterocycles. The summed E-state index contributed by atoms with van der Waals surface area (Å²) in [4.78, 5) is 31.5. The molecule has 2 heterocycles. The van der Waals surface area contributed by atoms with Crippen LogP contribution in [0.4, 0.5) is 26.3 Å². The second-order valence-corrected chi connectivity index (χ2v) is 9.79. The van der Waals surface area contributed by atoms with Gasteiger partial charge in [0, 0.05) is 36.8 Å². The Morgan fingerprint density at radius 1 is 1.00 bits per heavy atom. The molecule has 2 aromatic carbocycles. The van der Waals surface area contributed by atoms with Crippen molar-refractivity contribution in [3.05, 3.63) is 99.1 Å². The molecule has 0 spiro atoms. The molecule has 0 bridgehead atoms. The van der Waals surface area contributed by atoms with E-state index in [2.05, 4.69) is 10.3 Å². The molecular weight excluding hydrogens is 552 g/mol. The van der Waals surface area contributed by atoms with E-state index in [1.807, 2.05) is 13.0 Å². The zero-order valence-corrected chi connectivity index (χ0v) is 21.9. The van der Waals surface area contributed by atoms with Crippen LogP contribution < -0.4 is 10.9 Å². The van der Waals surface area contributed by atoms with Crippen LogP contribution in [0.1, 0.15) is 39.7 Å². The number of nitrogens with zero attached hydrogens (tertiary/aromatic N) is 2. The van der Waals surface area contributed by atoms with Crippen LogP contribution in [-0.2, 0) is 25.4 Å². The Morgan fingerprint density at radius 3 is 2.24 bits per heavy atom. The van der Waals surface area contributed by atoms with Gasteiger partial charge < -0.3 is 15.0 Å². The Bertz CT molecular complexity index is 1630. The van der Waals surface area contributed by atoms with Gasteiger partial charge in [-0.2, -0.15) is 26.3 Å². The summed E-state index contributed by atoms with van der Waals surface area (Å²) >= 11 is 0. The molecule has 0 fully saturated rings. The predicted molar refractivity (Wildman–Crippen MR) is 140 cm³/mol. The first-order valence-electron chi connectivity index (χ1n) is 12.5. The minimum Gasteiger partial charge on any atom is -0.396 e. The van der Waals surface area contributed by atoms with Crippen molar-refractivity contribution >= 4 is 16.8 Å². The van der Waals surface area contributed by atoms with Gasteiger partial charge in [-0.25, -0.2) is 0 Å². The number of aryl methyl sites for hydroxylation is 1. The van der Waals surface area contributed by atoms with Crippen molar-refractivity contribution < 1.29 is 36.2 Å². The van der Waals surface area contributed by atoms with Gasteiger partial charge in [0.05, 0.1) is 11.1 Å². The van der Waals surface area contributed by atoms with E-state index < -0.39 is 53.0 Å². The first kappa shape index (κ1) is 29.8. The number of pyridine rings is 2. The third-order valence-electron chi connectivity index (χ3n) is 6.46. The summed E-state index contributed by atoms with van der Waals surface area (Å²) in [7, 11) is 0. The van der Waals surface area contributed by atoms with E-state index in [4.69, 9.17) is 0 Å². The van der Waals surface area contributed by atoms with Crippen molar-refractivity contribution in [3.63, 3.8) is 0 Å². The van der Waals surface area contributed by atoms with Gasteiger partial charge in [-0.1, -0.05) is 42.8 Å². The van der Waals surface area contributed by atoms with E-state index in [1.165, 1.54) is 6.20 Å². The van der Waals surface area contributed by atoms with Gasteiger partial charge in [0.25, 0.3) is 11.5 Å². The fraction of sp³-hybridized carbons (Fsp3) is 0.276. The highest BCUT2D eigenvalue weighted by Crippen LogP contribution is 2.36. The molecule has 0 radical (unpaired) electrons. The maximum absolute atomic E-state index is 13.7. The van der Waals surface area contributed by atoms with Crippen LogP contribution in [0.25, 0.3) is 22.0 Å². The van der Waals surface area contributed by atoms with Gasteiger partial charge in [0.2, 0.25) is 0 Å². The number of nitrogens with one attached hydrogen (secondary N) is 1. The number of rotatable bonds is 7. The molecule has 0 aliphatic heterocycles. The van der Waals surface area contributed by atoms with E-state index in [0.717, 1.165) is 10.1 Å². The Kier molecular flexibility index (Phi) is 8.25. The molecule has 0 aliphatic rings. The molecule has 0 saturated carbocycles. The fourth-order valence-electron chi connectivity index (χ4n) is 4.53. The lowest BCUT2D eigenvalue weighted by Gasteiger charge is -2.21. The number of aliphatic hydroxyl groups excluding tert-OH is 1. The van der Waals surface area contributed by atoms with Crippen LogP contribution in [0, 0.1) is 12.8 Å². The average Bonchev–Trinajstić information content (AvgIpc) is 2.91. The van der Waals surface area contributed by atoms with Gasteiger partial charge in [0.15, 0.2) is 0 Å². The van der Waals surface area contributed by atoms with Gasteiger partial charge in [-0.05, 0) is 48.2 Å². The molecule has 6 nitrogen and oxygen atoms in total. The fourth-order valence-corrected chi connectivity index (χ4v) is 4.53. The number of carbonyl (C=O) groups is 1. The third kappa shape index (κ3) is 6.43. The maximum Gasteiger partial charge on any atom is 0.416 e. The topological polar surface area (TPSA) is 84.2 Å². The molecule has 12 heteroatoms. The summed E-state index contributed by atoms with van der Waals surface area (Å²) in [5.74, 6) is -1.39. The van der Waals surface area contributed by atoms with Crippen LogP contribution in [-0.4, -0.2) is 27.2 Å². The van der Waals surface area contributed by atoms with Crippen LogP contribution in [0.5, 0.6) is 0 Å². The number of hydrogen-bond acceptors (Lipinski definition) is 4. The number of alkyl halides is 6. The summed E-state index contributed by atoms with van der Waals surface area (Å²) in [6.45, 7) is 2.35. The number of benzene rings is 2. The minimum atomic E-state index is -5.05. The van der Waals surface area contributed by atoms with E-state index in [1.54, 1.807) is 37.3 Å². The second kappa shape index (κ2) is 11.4. The highest BCUT2D eigenvalue weighted by Gasteiger charge is 2.37. The monoisotopic (exact) mass is 577 g/mol. The number of halogens is 6.